The van der Waals surface area contributed by atoms with Crippen molar-refractivity contribution in [2.75, 3.05) is 13.1 Å². The summed E-state index contributed by atoms with van der Waals surface area (Å²) in [5.74, 6) is 0.294. The molecule has 2 heterocycles. The molecule has 0 bridgehead atoms. The van der Waals surface area contributed by atoms with E-state index in [0.29, 0.717) is 12.5 Å². The first kappa shape index (κ1) is 19.3. The van der Waals surface area contributed by atoms with Crippen molar-refractivity contribution in [3.05, 3.63) is 52.5 Å². The number of aromatic nitrogens is 1. The molecule has 28 heavy (non-hydrogen) atoms. The summed E-state index contributed by atoms with van der Waals surface area (Å²) < 4.78 is 27.1. The van der Waals surface area contributed by atoms with Crippen LogP contribution < -0.4 is 4.72 Å². The molecule has 1 aromatic carbocycles. The summed E-state index contributed by atoms with van der Waals surface area (Å²) >= 11 is 1.64. The second-order valence-corrected chi connectivity index (χ2v) is 9.93. The maximum atomic E-state index is 12.6. The van der Waals surface area contributed by atoms with Crippen LogP contribution in [0, 0.1) is 0 Å². The van der Waals surface area contributed by atoms with E-state index in [4.69, 9.17) is 0 Å². The van der Waals surface area contributed by atoms with Gasteiger partial charge in [0.05, 0.1) is 9.90 Å². The first-order valence-corrected chi connectivity index (χ1v) is 11.9. The molecule has 1 atom stereocenters. The quantitative estimate of drug-likeness (QED) is 0.733. The number of hydrogen-bond acceptors (Lipinski definition) is 5. The number of nitrogens with zero attached hydrogens (tertiary/aromatic N) is 2. The monoisotopic (exact) mass is 417 g/mol. The molecule has 1 amide bonds. The molecule has 2 fully saturated rings. The number of carbonyl (C=O) groups is 1. The average molecular weight is 418 g/mol. The van der Waals surface area contributed by atoms with Gasteiger partial charge >= 0.3 is 0 Å². The minimum absolute atomic E-state index is 0.0200. The number of hydrogen-bond donors (Lipinski definition) is 1. The Kier molecular flexibility index (Phi) is 5.61. The molecule has 4 rings (SSSR count). The molecule has 0 spiro atoms. The summed E-state index contributed by atoms with van der Waals surface area (Å²) in [6, 6.07) is 6.68. The number of likely N-dealkylation sites (tertiary alicyclic amines) is 1. The van der Waals surface area contributed by atoms with E-state index in [0.717, 1.165) is 42.8 Å². The van der Waals surface area contributed by atoms with Gasteiger partial charge in [0.1, 0.15) is 0 Å². The summed E-state index contributed by atoms with van der Waals surface area (Å²) in [6.07, 6.45) is 8.96. The predicted octanol–water partition coefficient (Wildman–Crippen LogP) is 3.00. The molecule has 1 saturated heterocycles. The Labute approximate surface area is 169 Å². The fraction of sp³-hybridized carbons (Fsp3) is 0.400. The van der Waals surface area contributed by atoms with Crippen molar-refractivity contribution >= 4 is 33.3 Å². The van der Waals surface area contributed by atoms with Gasteiger partial charge in [0.15, 0.2) is 0 Å². The second-order valence-electron chi connectivity index (χ2n) is 7.29. The molecule has 1 aromatic heterocycles. The smallest absolute Gasteiger partial charge is 0.246 e. The van der Waals surface area contributed by atoms with E-state index >= 15 is 0 Å². The van der Waals surface area contributed by atoms with E-state index in [1.54, 1.807) is 47.8 Å². The van der Waals surface area contributed by atoms with E-state index < -0.39 is 10.0 Å². The lowest BCUT2D eigenvalue weighted by Crippen LogP contribution is -2.38. The molecular weight excluding hydrogens is 394 g/mol. The summed E-state index contributed by atoms with van der Waals surface area (Å²) in [6.45, 7) is 1.45. The van der Waals surface area contributed by atoms with E-state index in [9.17, 15) is 13.2 Å². The third kappa shape index (κ3) is 4.68. The molecule has 2 aliphatic rings. The van der Waals surface area contributed by atoms with Crippen molar-refractivity contribution < 1.29 is 13.2 Å². The van der Waals surface area contributed by atoms with E-state index in [-0.39, 0.29) is 16.8 Å². The third-order valence-electron chi connectivity index (χ3n) is 5.04. The number of piperidine rings is 1. The van der Waals surface area contributed by atoms with E-state index in [1.807, 2.05) is 16.5 Å². The number of nitrogens with one attached hydrogen (secondary N) is 1. The summed E-state index contributed by atoms with van der Waals surface area (Å²) in [4.78, 5) is 19.1. The summed E-state index contributed by atoms with van der Waals surface area (Å²) in [7, 11) is -3.44. The SMILES string of the molecule is O=C(/C=C/c1ccc(S(=O)(=O)NC2CC2)cc1)N1CCCC(c2nccs2)C1. The average Bonchev–Trinajstić information content (AvgIpc) is 3.33. The summed E-state index contributed by atoms with van der Waals surface area (Å²) in [5, 5.41) is 3.07. The molecule has 1 saturated carbocycles. The molecule has 0 radical (unpaired) electrons. The van der Waals surface area contributed by atoms with Gasteiger partial charge in [-0.25, -0.2) is 18.1 Å². The maximum absolute atomic E-state index is 12.6. The number of carbonyl (C=O) groups excluding carboxylic acids is 1. The third-order valence-corrected chi connectivity index (χ3v) is 7.52. The zero-order valence-electron chi connectivity index (χ0n) is 15.5. The molecule has 148 valence electrons. The molecule has 1 unspecified atom stereocenters. The van der Waals surface area contributed by atoms with Crippen molar-refractivity contribution in [3.8, 4) is 0 Å². The van der Waals surface area contributed by atoms with Gasteiger partial charge in [-0.15, -0.1) is 11.3 Å². The Morgan fingerprint density at radius 2 is 2.00 bits per heavy atom. The van der Waals surface area contributed by atoms with Crippen molar-refractivity contribution in [1.82, 2.24) is 14.6 Å². The van der Waals surface area contributed by atoms with Crippen molar-refractivity contribution in [2.24, 2.45) is 0 Å². The Balaban J connectivity index is 1.37. The Morgan fingerprint density at radius 3 is 2.68 bits per heavy atom. The number of thiazole rings is 1. The molecular formula is C20H23N3O3S2. The number of rotatable bonds is 6. The Morgan fingerprint density at radius 1 is 1.21 bits per heavy atom. The standard InChI is InChI=1S/C20H23N3O3S2/c24-19(23-12-1-2-16(14-23)20-21-11-13-27-20)10-5-15-3-8-18(9-4-15)28(25,26)22-17-6-7-17/h3-5,8-11,13,16-17,22H,1-2,6-7,12,14H2/b10-5+. The Hall–Kier alpha value is -2.03. The molecule has 1 aliphatic heterocycles. The van der Waals surface area contributed by atoms with Gasteiger partial charge < -0.3 is 4.90 Å². The normalized spacial score (nSPS) is 20.6. The van der Waals surface area contributed by atoms with Crippen LogP contribution in [0.2, 0.25) is 0 Å². The van der Waals surface area contributed by atoms with Gasteiger partial charge in [0, 0.05) is 42.7 Å². The number of sulfonamides is 1. The van der Waals surface area contributed by atoms with Gasteiger partial charge in [0.25, 0.3) is 0 Å². The van der Waals surface area contributed by atoms with Crippen LogP contribution in [0.1, 0.15) is 42.2 Å². The van der Waals surface area contributed by atoms with Gasteiger partial charge in [-0.05, 0) is 49.5 Å². The summed E-state index contributed by atoms with van der Waals surface area (Å²) in [5.41, 5.74) is 0.798. The van der Waals surface area contributed by atoms with Crippen LogP contribution in [-0.2, 0) is 14.8 Å². The highest BCUT2D eigenvalue weighted by Crippen LogP contribution is 2.28. The lowest BCUT2D eigenvalue weighted by atomic mass is 9.98. The van der Waals surface area contributed by atoms with Crippen molar-refractivity contribution in [3.63, 3.8) is 0 Å². The topological polar surface area (TPSA) is 79.4 Å². The minimum atomic E-state index is -3.44. The van der Waals surface area contributed by atoms with Crippen LogP contribution in [0.4, 0.5) is 0 Å². The van der Waals surface area contributed by atoms with Gasteiger partial charge in [-0.1, -0.05) is 12.1 Å². The van der Waals surface area contributed by atoms with Crippen LogP contribution in [0.3, 0.4) is 0 Å². The fourth-order valence-corrected chi connectivity index (χ4v) is 5.41. The molecule has 1 aliphatic carbocycles. The molecule has 8 heteroatoms. The minimum Gasteiger partial charge on any atom is -0.338 e. The van der Waals surface area contributed by atoms with E-state index in [2.05, 4.69) is 9.71 Å². The molecule has 1 N–H and O–H groups in total. The lowest BCUT2D eigenvalue weighted by Gasteiger charge is -2.31. The van der Waals surface area contributed by atoms with Crippen LogP contribution in [0.5, 0.6) is 0 Å². The zero-order chi connectivity index (χ0) is 19.6. The Bertz CT molecular complexity index is 949. The predicted molar refractivity (Wildman–Crippen MR) is 109 cm³/mol. The highest BCUT2D eigenvalue weighted by atomic mass is 32.2. The highest BCUT2D eigenvalue weighted by molar-refractivity contribution is 7.89. The van der Waals surface area contributed by atoms with Gasteiger partial charge in [-0.3, -0.25) is 4.79 Å². The van der Waals surface area contributed by atoms with Gasteiger partial charge in [0.2, 0.25) is 15.9 Å². The highest BCUT2D eigenvalue weighted by Gasteiger charge is 2.28. The van der Waals surface area contributed by atoms with Crippen molar-refractivity contribution in [2.45, 2.75) is 42.5 Å². The van der Waals surface area contributed by atoms with Crippen LogP contribution in [0.15, 0.2) is 46.8 Å². The molecule has 2 aromatic rings. The van der Waals surface area contributed by atoms with E-state index in [1.165, 1.54) is 0 Å². The maximum Gasteiger partial charge on any atom is 0.246 e. The zero-order valence-corrected chi connectivity index (χ0v) is 17.1. The largest absolute Gasteiger partial charge is 0.338 e. The van der Waals surface area contributed by atoms with Crippen LogP contribution in [0.25, 0.3) is 6.08 Å². The number of amides is 1. The van der Waals surface area contributed by atoms with Crippen molar-refractivity contribution in [1.29, 1.82) is 0 Å². The molecule has 6 nitrogen and oxygen atoms in total. The van der Waals surface area contributed by atoms with Crippen LogP contribution >= 0.6 is 11.3 Å². The van der Waals surface area contributed by atoms with Crippen LogP contribution in [-0.4, -0.2) is 43.3 Å². The first-order valence-electron chi connectivity index (χ1n) is 9.50. The van der Waals surface area contributed by atoms with Gasteiger partial charge in [-0.2, -0.15) is 0 Å². The lowest BCUT2D eigenvalue weighted by molar-refractivity contribution is -0.127. The number of benzene rings is 1. The second kappa shape index (κ2) is 8.14. The fourth-order valence-electron chi connectivity index (χ4n) is 3.33. The first-order chi connectivity index (χ1) is 13.5.